The maximum atomic E-state index is 11.9. The highest BCUT2D eigenvalue weighted by molar-refractivity contribution is 9.10. The molecular formula is C11H9BrN2OS. The predicted molar refractivity (Wildman–Crippen MR) is 68.7 cm³/mol. The quantitative estimate of drug-likeness (QED) is 0.886. The fourth-order valence-electron chi connectivity index (χ4n) is 1.34. The summed E-state index contributed by atoms with van der Waals surface area (Å²) in [5.41, 5.74) is 6.44. The number of carbonyl (C=O) groups excluding carboxylic acids is 1. The first-order valence-electron chi connectivity index (χ1n) is 4.63. The summed E-state index contributed by atoms with van der Waals surface area (Å²) in [6.07, 6.45) is 1.97. The molecule has 0 bridgehead atoms. The molecule has 0 amide bonds. The fraction of sp³-hybridized carbons (Fsp3) is 0.0909. The predicted octanol–water partition coefficient (Wildman–Crippen LogP) is 2.91. The maximum absolute atomic E-state index is 11.9. The number of pyridine rings is 1. The molecule has 5 heteroatoms. The average molecular weight is 297 g/mol. The topological polar surface area (TPSA) is 56.0 Å². The normalized spacial score (nSPS) is 10.3. The summed E-state index contributed by atoms with van der Waals surface area (Å²) in [6.45, 7) is 0. The Morgan fingerprint density at radius 2 is 2.31 bits per heavy atom. The Morgan fingerprint density at radius 1 is 1.50 bits per heavy atom. The van der Waals surface area contributed by atoms with Gasteiger partial charge in [-0.3, -0.25) is 4.79 Å². The van der Waals surface area contributed by atoms with E-state index in [9.17, 15) is 4.79 Å². The van der Waals surface area contributed by atoms with E-state index in [1.54, 1.807) is 18.3 Å². The maximum Gasteiger partial charge on any atom is 0.177 e. The van der Waals surface area contributed by atoms with Crippen LogP contribution >= 0.6 is 27.3 Å². The van der Waals surface area contributed by atoms with Gasteiger partial charge in [-0.25, -0.2) is 4.98 Å². The number of hydrogen-bond donors (Lipinski definition) is 1. The van der Waals surface area contributed by atoms with Crippen LogP contribution in [0.3, 0.4) is 0 Å². The first-order valence-corrected chi connectivity index (χ1v) is 6.30. The van der Waals surface area contributed by atoms with Gasteiger partial charge in [-0.2, -0.15) is 0 Å². The zero-order valence-electron chi connectivity index (χ0n) is 8.31. The van der Waals surface area contributed by atoms with Crippen LogP contribution in [0.25, 0.3) is 0 Å². The molecule has 0 unspecified atom stereocenters. The van der Waals surface area contributed by atoms with Gasteiger partial charge in [0.05, 0.1) is 4.88 Å². The van der Waals surface area contributed by atoms with Gasteiger partial charge in [0.1, 0.15) is 5.82 Å². The van der Waals surface area contributed by atoms with E-state index < -0.39 is 0 Å². The molecular weight excluding hydrogens is 288 g/mol. The molecule has 2 rings (SSSR count). The summed E-state index contributed by atoms with van der Waals surface area (Å²) in [6, 6.07) is 5.36. The number of halogens is 1. The summed E-state index contributed by atoms with van der Waals surface area (Å²) in [4.78, 5) is 16.5. The van der Waals surface area contributed by atoms with Crippen LogP contribution in [0, 0.1) is 0 Å². The third-order valence-electron chi connectivity index (χ3n) is 2.05. The van der Waals surface area contributed by atoms with Gasteiger partial charge in [0.15, 0.2) is 5.78 Å². The summed E-state index contributed by atoms with van der Waals surface area (Å²) in [7, 11) is 0. The van der Waals surface area contributed by atoms with Crippen LogP contribution < -0.4 is 5.73 Å². The third-order valence-corrected chi connectivity index (χ3v) is 3.78. The number of aromatic nitrogens is 1. The lowest BCUT2D eigenvalue weighted by Crippen LogP contribution is -2.02. The highest BCUT2D eigenvalue weighted by atomic mass is 79.9. The molecule has 2 N–H and O–H groups in total. The van der Waals surface area contributed by atoms with Crippen LogP contribution in [0.1, 0.15) is 15.2 Å². The van der Waals surface area contributed by atoms with E-state index in [1.807, 2.05) is 11.4 Å². The number of thiophene rings is 1. The molecule has 2 aromatic heterocycles. The molecule has 2 aromatic rings. The Balaban J connectivity index is 2.13. The first-order chi connectivity index (χ1) is 7.65. The molecule has 82 valence electrons. The average Bonchev–Trinajstić information content (AvgIpc) is 2.65. The number of nitrogens with two attached hydrogens (primary N) is 1. The second-order valence-electron chi connectivity index (χ2n) is 3.32. The van der Waals surface area contributed by atoms with E-state index >= 15 is 0 Å². The van der Waals surface area contributed by atoms with Gasteiger partial charge in [-0.1, -0.05) is 0 Å². The van der Waals surface area contributed by atoms with Crippen LogP contribution in [0.15, 0.2) is 34.2 Å². The van der Waals surface area contributed by atoms with E-state index in [4.69, 9.17) is 5.73 Å². The SMILES string of the molecule is Nc1cc(CC(=O)c2cc(Br)cs2)ccn1. The lowest BCUT2D eigenvalue weighted by Gasteiger charge is -1.99. The Kier molecular flexibility index (Phi) is 3.36. The highest BCUT2D eigenvalue weighted by Crippen LogP contribution is 2.21. The van der Waals surface area contributed by atoms with Gasteiger partial charge in [-0.15, -0.1) is 11.3 Å². The molecule has 16 heavy (non-hydrogen) atoms. The molecule has 0 spiro atoms. The highest BCUT2D eigenvalue weighted by Gasteiger charge is 2.09. The lowest BCUT2D eigenvalue weighted by atomic mass is 10.1. The van der Waals surface area contributed by atoms with Crippen molar-refractivity contribution in [2.24, 2.45) is 0 Å². The van der Waals surface area contributed by atoms with Crippen LogP contribution in [0.4, 0.5) is 5.82 Å². The summed E-state index contributed by atoms with van der Waals surface area (Å²) in [5, 5.41) is 1.90. The van der Waals surface area contributed by atoms with Gasteiger partial charge < -0.3 is 5.73 Å². The van der Waals surface area contributed by atoms with Crippen molar-refractivity contribution >= 4 is 38.9 Å². The van der Waals surface area contributed by atoms with E-state index in [0.717, 1.165) is 14.9 Å². The number of hydrogen-bond acceptors (Lipinski definition) is 4. The number of Topliss-reactive ketones (excluding diaryl/α,β-unsaturated/α-hetero) is 1. The van der Waals surface area contributed by atoms with Crippen molar-refractivity contribution in [3.8, 4) is 0 Å². The molecule has 0 atom stereocenters. The Hall–Kier alpha value is -1.20. The van der Waals surface area contributed by atoms with Gasteiger partial charge in [-0.05, 0) is 39.7 Å². The number of carbonyl (C=O) groups is 1. The van der Waals surface area contributed by atoms with Crippen molar-refractivity contribution in [3.63, 3.8) is 0 Å². The number of ketones is 1. The molecule has 0 aliphatic rings. The van der Waals surface area contributed by atoms with Gasteiger partial charge in [0.25, 0.3) is 0 Å². The van der Waals surface area contributed by atoms with Gasteiger partial charge >= 0.3 is 0 Å². The zero-order chi connectivity index (χ0) is 11.5. The van der Waals surface area contributed by atoms with E-state index in [2.05, 4.69) is 20.9 Å². The van der Waals surface area contributed by atoms with Crippen LogP contribution in [-0.2, 0) is 6.42 Å². The van der Waals surface area contributed by atoms with Crippen molar-refractivity contribution in [2.75, 3.05) is 5.73 Å². The standard InChI is InChI=1S/C11H9BrN2OS/c12-8-5-10(16-6-8)9(15)3-7-1-2-14-11(13)4-7/h1-2,4-6H,3H2,(H2,13,14). The van der Waals surface area contributed by atoms with Crippen LogP contribution in [0.2, 0.25) is 0 Å². The van der Waals surface area contributed by atoms with Crippen molar-refractivity contribution in [2.45, 2.75) is 6.42 Å². The smallest absolute Gasteiger partial charge is 0.177 e. The lowest BCUT2D eigenvalue weighted by molar-refractivity contribution is 0.0997. The van der Waals surface area contributed by atoms with Crippen LogP contribution in [0.5, 0.6) is 0 Å². The zero-order valence-corrected chi connectivity index (χ0v) is 10.7. The summed E-state index contributed by atoms with van der Waals surface area (Å²) < 4.78 is 0.940. The molecule has 0 aromatic carbocycles. The summed E-state index contributed by atoms with van der Waals surface area (Å²) in [5.74, 6) is 0.541. The summed E-state index contributed by atoms with van der Waals surface area (Å²) >= 11 is 4.76. The molecule has 0 saturated heterocycles. The number of nitrogen functional groups attached to an aromatic ring is 1. The second-order valence-corrected chi connectivity index (χ2v) is 5.14. The monoisotopic (exact) mass is 296 g/mol. The van der Waals surface area contributed by atoms with Gasteiger partial charge in [0, 0.05) is 22.5 Å². The largest absolute Gasteiger partial charge is 0.384 e. The minimum atomic E-state index is 0.0984. The minimum absolute atomic E-state index is 0.0984. The first kappa shape index (κ1) is 11.3. The molecule has 0 aliphatic carbocycles. The molecule has 0 aliphatic heterocycles. The molecule has 0 saturated carbocycles. The number of rotatable bonds is 3. The van der Waals surface area contributed by atoms with E-state index in [1.165, 1.54) is 11.3 Å². The van der Waals surface area contributed by atoms with Crippen molar-refractivity contribution in [1.29, 1.82) is 0 Å². The van der Waals surface area contributed by atoms with Crippen LogP contribution in [-0.4, -0.2) is 10.8 Å². The molecule has 2 heterocycles. The van der Waals surface area contributed by atoms with E-state index in [-0.39, 0.29) is 5.78 Å². The fourth-order valence-corrected chi connectivity index (χ4v) is 2.70. The number of nitrogens with zero attached hydrogens (tertiary/aromatic N) is 1. The molecule has 0 radical (unpaired) electrons. The van der Waals surface area contributed by atoms with Crippen molar-refractivity contribution in [3.05, 3.63) is 44.7 Å². The van der Waals surface area contributed by atoms with Gasteiger partial charge in [0.2, 0.25) is 0 Å². The van der Waals surface area contributed by atoms with Crippen molar-refractivity contribution in [1.82, 2.24) is 4.98 Å². The minimum Gasteiger partial charge on any atom is -0.384 e. The Bertz CT molecular complexity index is 524. The second kappa shape index (κ2) is 4.76. The Labute approximate surface area is 105 Å². The molecule has 3 nitrogen and oxygen atoms in total. The third kappa shape index (κ3) is 2.68. The van der Waals surface area contributed by atoms with Crippen molar-refractivity contribution < 1.29 is 4.79 Å². The Morgan fingerprint density at radius 3 is 2.94 bits per heavy atom. The molecule has 0 fully saturated rings. The number of anilines is 1. The van der Waals surface area contributed by atoms with E-state index in [0.29, 0.717) is 12.2 Å².